The summed E-state index contributed by atoms with van der Waals surface area (Å²) in [7, 11) is 4.25. The molecule has 2 aromatic heterocycles. The lowest BCUT2D eigenvalue weighted by Gasteiger charge is -2.33. The standard InChI is InChI=1S/C21H25BrN6/c1-15-24-17(13-19(25-15)28-11-9-26(2)10-12-28)14-27(3)21-18(22)7-6-16-5-4-8-23-20(16)21/h4-8,13H,9-12,14H2,1-3H3. The van der Waals surface area contributed by atoms with Gasteiger partial charge in [0.05, 0.1) is 23.4 Å². The third-order valence-electron chi connectivity index (χ3n) is 5.18. The van der Waals surface area contributed by atoms with Gasteiger partial charge in [-0.3, -0.25) is 4.98 Å². The van der Waals surface area contributed by atoms with Gasteiger partial charge in [-0.1, -0.05) is 12.1 Å². The van der Waals surface area contributed by atoms with E-state index in [1.807, 2.05) is 19.2 Å². The SMILES string of the molecule is Cc1nc(CN(C)c2c(Br)ccc3cccnc23)cc(N2CCN(C)CC2)n1. The van der Waals surface area contributed by atoms with Crippen LogP contribution >= 0.6 is 15.9 Å². The van der Waals surface area contributed by atoms with Crippen LogP contribution in [-0.2, 0) is 6.54 Å². The van der Waals surface area contributed by atoms with E-state index in [0.717, 1.165) is 64.6 Å². The van der Waals surface area contributed by atoms with Crippen LogP contribution < -0.4 is 9.80 Å². The Morgan fingerprint density at radius 1 is 1.11 bits per heavy atom. The normalized spacial score (nSPS) is 15.2. The lowest BCUT2D eigenvalue weighted by atomic mass is 10.1. The molecule has 0 N–H and O–H groups in total. The van der Waals surface area contributed by atoms with Crippen LogP contribution in [0.3, 0.4) is 0 Å². The number of fused-ring (bicyclic) bond motifs is 1. The number of halogens is 1. The van der Waals surface area contributed by atoms with Crippen LogP contribution in [0.25, 0.3) is 10.9 Å². The molecule has 4 rings (SSSR count). The van der Waals surface area contributed by atoms with E-state index in [4.69, 9.17) is 4.98 Å². The average molecular weight is 441 g/mol. The van der Waals surface area contributed by atoms with Crippen LogP contribution in [0.1, 0.15) is 11.5 Å². The second-order valence-corrected chi connectivity index (χ2v) is 8.24. The van der Waals surface area contributed by atoms with E-state index < -0.39 is 0 Å². The molecular formula is C21H25BrN6. The molecule has 0 unspecified atom stereocenters. The number of hydrogen-bond donors (Lipinski definition) is 0. The third kappa shape index (κ3) is 3.95. The van der Waals surface area contributed by atoms with Gasteiger partial charge in [-0.2, -0.15) is 0 Å². The topological polar surface area (TPSA) is 48.4 Å². The Hall–Kier alpha value is -2.25. The molecular weight excluding hydrogens is 416 g/mol. The minimum absolute atomic E-state index is 0.693. The van der Waals surface area contributed by atoms with Crippen molar-refractivity contribution in [1.82, 2.24) is 19.9 Å². The number of pyridine rings is 1. The highest BCUT2D eigenvalue weighted by atomic mass is 79.9. The van der Waals surface area contributed by atoms with Gasteiger partial charge in [0.2, 0.25) is 0 Å². The van der Waals surface area contributed by atoms with Crippen molar-refractivity contribution in [3.63, 3.8) is 0 Å². The van der Waals surface area contributed by atoms with Crippen LogP contribution in [0.2, 0.25) is 0 Å². The summed E-state index contributed by atoms with van der Waals surface area (Å²) in [6.07, 6.45) is 1.84. The van der Waals surface area contributed by atoms with Gasteiger partial charge < -0.3 is 14.7 Å². The molecule has 1 fully saturated rings. The van der Waals surface area contributed by atoms with Gasteiger partial charge in [-0.05, 0) is 42.0 Å². The number of likely N-dealkylation sites (N-methyl/N-ethyl adjacent to an activating group) is 1. The fourth-order valence-corrected chi connectivity index (χ4v) is 4.30. The Bertz CT molecular complexity index is 984. The summed E-state index contributed by atoms with van der Waals surface area (Å²) in [5.74, 6) is 1.84. The fraction of sp³-hybridized carbons (Fsp3) is 0.381. The Morgan fingerprint density at radius 3 is 2.68 bits per heavy atom. The number of aromatic nitrogens is 3. The van der Waals surface area contributed by atoms with Crippen molar-refractivity contribution in [1.29, 1.82) is 0 Å². The van der Waals surface area contributed by atoms with Crippen LogP contribution in [0.15, 0.2) is 41.0 Å². The lowest BCUT2D eigenvalue weighted by Crippen LogP contribution is -2.45. The number of anilines is 2. The van der Waals surface area contributed by atoms with E-state index in [0.29, 0.717) is 6.54 Å². The maximum absolute atomic E-state index is 4.69. The van der Waals surface area contributed by atoms with Crippen molar-refractivity contribution in [2.24, 2.45) is 0 Å². The Morgan fingerprint density at radius 2 is 1.89 bits per heavy atom. The first kappa shape index (κ1) is 19.1. The van der Waals surface area contributed by atoms with Gasteiger partial charge >= 0.3 is 0 Å². The first-order valence-electron chi connectivity index (χ1n) is 9.53. The van der Waals surface area contributed by atoms with Gasteiger partial charge in [-0.15, -0.1) is 0 Å². The maximum Gasteiger partial charge on any atom is 0.132 e. The second kappa shape index (κ2) is 8.01. The predicted octanol–water partition coefficient (Wildman–Crippen LogP) is 3.48. The van der Waals surface area contributed by atoms with Gasteiger partial charge in [-0.25, -0.2) is 9.97 Å². The van der Waals surface area contributed by atoms with E-state index in [1.54, 1.807) is 0 Å². The first-order chi connectivity index (χ1) is 13.5. The minimum Gasteiger partial charge on any atom is -0.366 e. The van der Waals surface area contributed by atoms with Crippen molar-refractivity contribution in [2.75, 3.05) is 50.1 Å². The highest BCUT2D eigenvalue weighted by Gasteiger charge is 2.18. The summed E-state index contributed by atoms with van der Waals surface area (Å²) >= 11 is 3.70. The van der Waals surface area contributed by atoms with E-state index >= 15 is 0 Å². The van der Waals surface area contributed by atoms with Crippen LogP contribution in [0.5, 0.6) is 0 Å². The number of nitrogens with zero attached hydrogens (tertiary/aromatic N) is 6. The molecule has 3 heterocycles. The lowest BCUT2D eigenvalue weighted by molar-refractivity contribution is 0.312. The van der Waals surface area contributed by atoms with Gasteiger partial charge in [0.1, 0.15) is 11.6 Å². The molecule has 0 atom stereocenters. The largest absolute Gasteiger partial charge is 0.366 e. The Balaban J connectivity index is 1.62. The molecule has 1 aliphatic heterocycles. The highest BCUT2D eigenvalue weighted by Crippen LogP contribution is 2.33. The molecule has 0 spiro atoms. The molecule has 1 aliphatic rings. The minimum atomic E-state index is 0.693. The summed E-state index contributed by atoms with van der Waals surface area (Å²) in [6.45, 7) is 6.79. The van der Waals surface area contributed by atoms with E-state index in [9.17, 15) is 0 Å². The van der Waals surface area contributed by atoms with Gasteiger partial charge in [0.25, 0.3) is 0 Å². The highest BCUT2D eigenvalue weighted by molar-refractivity contribution is 9.10. The number of aryl methyl sites for hydroxylation is 1. The molecule has 7 heteroatoms. The summed E-state index contributed by atoms with van der Waals surface area (Å²) in [5.41, 5.74) is 3.09. The molecule has 0 radical (unpaired) electrons. The Labute approximate surface area is 174 Å². The van der Waals surface area contributed by atoms with E-state index in [2.05, 4.69) is 79.0 Å². The van der Waals surface area contributed by atoms with Gasteiger partial charge in [0.15, 0.2) is 0 Å². The number of benzene rings is 1. The van der Waals surface area contributed by atoms with E-state index in [-0.39, 0.29) is 0 Å². The zero-order valence-corrected chi connectivity index (χ0v) is 18.1. The summed E-state index contributed by atoms with van der Waals surface area (Å²) in [6, 6.07) is 10.4. The van der Waals surface area contributed by atoms with Crippen LogP contribution in [0.4, 0.5) is 11.5 Å². The van der Waals surface area contributed by atoms with Crippen molar-refractivity contribution in [3.8, 4) is 0 Å². The summed E-state index contributed by atoms with van der Waals surface area (Å²) < 4.78 is 1.03. The number of rotatable bonds is 4. The molecule has 1 aromatic carbocycles. The third-order valence-corrected chi connectivity index (χ3v) is 5.82. The number of hydrogen-bond acceptors (Lipinski definition) is 6. The molecule has 0 saturated carbocycles. The molecule has 28 heavy (non-hydrogen) atoms. The quantitative estimate of drug-likeness (QED) is 0.618. The molecule has 0 amide bonds. The number of piperazine rings is 1. The molecule has 3 aromatic rings. The van der Waals surface area contributed by atoms with Crippen molar-refractivity contribution in [2.45, 2.75) is 13.5 Å². The molecule has 0 aliphatic carbocycles. The average Bonchev–Trinajstić information content (AvgIpc) is 2.68. The molecule has 6 nitrogen and oxygen atoms in total. The second-order valence-electron chi connectivity index (χ2n) is 7.38. The zero-order valence-electron chi connectivity index (χ0n) is 16.6. The van der Waals surface area contributed by atoms with Crippen molar-refractivity contribution < 1.29 is 0 Å². The summed E-state index contributed by atoms with van der Waals surface area (Å²) in [4.78, 5) is 20.9. The zero-order chi connectivity index (χ0) is 19.7. The summed E-state index contributed by atoms with van der Waals surface area (Å²) in [5, 5.41) is 1.13. The monoisotopic (exact) mass is 440 g/mol. The molecule has 146 valence electrons. The maximum atomic E-state index is 4.69. The van der Waals surface area contributed by atoms with E-state index in [1.165, 1.54) is 0 Å². The Kier molecular flexibility index (Phi) is 5.46. The van der Waals surface area contributed by atoms with Crippen molar-refractivity contribution >= 4 is 38.3 Å². The molecule has 0 bridgehead atoms. The first-order valence-corrected chi connectivity index (χ1v) is 10.3. The predicted molar refractivity (Wildman–Crippen MR) is 118 cm³/mol. The smallest absolute Gasteiger partial charge is 0.132 e. The van der Waals surface area contributed by atoms with Gasteiger partial charge in [0, 0.05) is 55.3 Å². The molecule has 1 saturated heterocycles. The fourth-order valence-electron chi connectivity index (χ4n) is 3.68. The van der Waals surface area contributed by atoms with Crippen LogP contribution in [0, 0.1) is 6.92 Å². The van der Waals surface area contributed by atoms with Crippen molar-refractivity contribution in [3.05, 3.63) is 52.5 Å². The van der Waals surface area contributed by atoms with Crippen LogP contribution in [-0.4, -0.2) is 60.1 Å².